The molecule has 17 heavy (non-hydrogen) atoms. The molecule has 5 nitrogen and oxygen atoms in total. The molecule has 2 N–H and O–H groups in total. The Kier molecular flexibility index (Phi) is 3.87. The van der Waals surface area contributed by atoms with Crippen molar-refractivity contribution in [3.05, 3.63) is 30.6 Å². The molecule has 2 rings (SSSR count). The number of pyridine rings is 1. The molecule has 6 heteroatoms. The minimum Gasteiger partial charge on any atom is -0.341 e. The summed E-state index contributed by atoms with van der Waals surface area (Å²) in [5, 5.41) is 6.39. The molecule has 0 radical (unpaired) electrons. The molecule has 0 atom stereocenters. The lowest BCUT2D eigenvalue weighted by molar-refractivity contribution is 0.243. The number of nitrogens with one attached hydrogen (secondary N) is 2. The van der Waals surface area contributed by atoms with Crippen LogP contribution in [0.15, 0.2) is 35.6 Å². The fourth-order valence-corrected chi connectivity index (χ4v) is 2.33. The lowest BCUT2D eigenvalue weighted by Crippen LogP contribution is -2.34. The molecule has 0 unspecified atom stereocenters. The highest BCUT2D eigenvalue weighted by molar-refractivity contribution is 7.99. The maximum atomic E-state index is 10.9. The summed E-state index contributed by atoms with van der Waals surface area (Å²) < 4.78 is 2.03. The zero-order valence-electron chi connectivity index (χ0n) is 9.51. The van der Waals surface area contributed by atoms with E-state index < -0.39 is 0 Å². The van der Waals surface area contributed by atoms with Crippen LogP contribution in [-0.2, 0) is 0 Å². The number of hydrogen-bond donors (Lipinski definition) is 2. The minimum atomic E-state index is -0.147. The van der Waals surface area contributed by atoms with Gasteiger partial charge in [-0.15, -0.1) is 11.8 Å². The number of carbonyl (C=O) groups is 1. The van der Waals surface area contributed by atoms with Gasteiger partial charge in [0.05, 0.1) is 5.03 Å². The van der Waals surface area contributed by atoms with Crippen molar-refractivity contribution < 1.29 is 4.79 Å². The molecule has 2 aromatic heterocycles. The number of amides is 2. The zero-order valence-corrected chi connectivity index (χ0v) is 10.3. The molecule has 0 aliphatic heterocycles. The third-order valence-corrected chi connectivity index (χ3v) is 3.29. The Morgan fingerprint density at radius 2 is 2.41 bits per heavy atom. The number of imidazole rings is 1. The lowest BCUT2D eigenvalue weighted by Gasteiger charge is -2.06. The Bertz CT molecular complexity index is 511. The first-order chi connectivity index (χ1) is 8.31. The summed E-state index contributed by atoms with van der Waals surface area (Å²) in [5.41, 5.74) is 0.939. The fourth-order valence-electron chi connectivity index (χ4n) is 1.45. The molecule has 0 spiro atoms. The fraction of sp³-hybridized carbons (Fsp3) is 0.273. The molecule has 0 bridgehead atoms. The van der Waals surface area contributed by atoms with Gasteiger partial charge in [0.2, 0.25) is 0 Å². The van der Waals surface area contributed by atoms with Gasteiger partial charge in [-0.2, -0.15) is 0 Å². The van der Waals surface area contributed by atoms with Crippen LogP contribution in [-0.4, -0.2) is 34.8 Å². The normalized spacial score (nSPS) is 10.4. The minimum absolute atomic E-state index is 0.147. The van der Waals surface area contributed by atoms with Crippen LogP contribution in [0.2, 0.25) is 0 Å². The number of aromatic nitrogens is 2. The topological polar surface area (TPSA) is 58.4 Å². The Labute approximate surface area is 104 Å². The summed E-state index contributed by atoms with van der Waals surface area (Å²) in [6, 6.07) is 5.84. The van der Waals surface area contributed by atoms with Crippen molar-refractivity contribution in [1.82, 2.24) is 20.0 Å². The first kappa shape index (κ1) is 11.8. The van der Waals surface area contributed by atoms with Crippen molar-refractivity contribution in [2.45, 2.75) is 5.03 Å². The van der Waals surface area contributed by atoms with Crippen LogP contribution >= 0.6 is 11.8 Å². The smallest absolute Gasteiger partial charge is 0.314 e. The predicted octanol–water partition coefficient (Wildman–Crippen LogP) is 1.36. The quantitative estimate of drug-likeness (QED) is 0.636. The molecule has 0 aliphatic rings. The largest absolute Gasteiger partial charge is 0.341 e. The van der Waals surface area contributed by atoms with E-state index in [1.54, 1.807) is 25.0 Å². The van der Waals surface area contributed by atoms with Crippen molar-refractivity contribution in [3.8, 4) is 0 Å². The van der Waals surface area contributed by atoms with Gasteiger partial charge < -0.3 is 10.6 Å². The third kappa shape index (κ3) is 2.91. The van der Waals surface area contributed by atoms with E-state index in [4.69, 9.17) is 0 Å². The van der Waals surface area contributed by atoms with E-state index in [9.17, 15) is 4.79 Å². The second kappa shape index (κ2) is 5.58. The first-order valence-corrected chi connectivity index (χ1v) is 6.30. The van der Waals surface area contributed by atoms with Crippen LogP contribution in [0.1, 0.15) is 0 Å². The number of rotatable bonds is 4. The van der Waals surface area contributed by atoms with Gasteiger partial charge in [0.15, 0.2) is 0 Å². The van der Waals surface area contributed by atoms with Gasteiger partial charge in [-0.3, -0.25) is 4.40 Å². The molecular formula is C11H14N4OS. The molecule has 2 amide bonds. The van der Waals surface area contributed by atoms with Gasteiger partial charge in [0, 0.05) is 31.7 Å². The summed E-state index contributed by atoms with van der Waals surface area (Å²) >= 11 is 1.69. The molecule has 0 fully saturated rings. The van der Waals surface area contributed by atoms with Crippen LogP contribution < -0.4 is 10.6 Å². The predicted molar refractivity (Wildman–Crippen MR) is 68.4 cm³/mol. The summed E-state index contributed by atoms with van der Waals surface area (Å²) in [6.45, 7) is 0.634. The van der Waals surface area contributed by atoms with Gasteiger partial charge in [-0.25, -0.2) is 9.78 Å². The van der Waals surface area contributed by atoms with Crippen LogP contribution in [0.4, 0.5) is 4.79 Å². The Hall–Kier alpha value is -1.69. The average molecular weight is 250 g/mol. The van der Waals surface area contributed by atoms with Crippen molar-refractivity contribution >= 4 is 23.4 Å². The molecule has 0 saturated heterocycles. The van der Waals surface area contributed by atoms with Crippen molar-refractivity contribution in [2.24, 2.45) is 0 Å². The molecule has 0 aliphatic carbocycles. The summed E-state index contributed by atoms with van der Waals surface area (Å²) in [7, 11) is 1.61. The van der Waals surface area contributed by atoms with E-state index in [1.165, 1.54) is 0 Å². The van der Waals surface area contributed by atoms with Crippen LogP contribution in [0.3, 0.4) is 0 Å². The summed E-state index contributed by atoms with van der Waals surface area (Å²) in [4.78, 5) is 15.2. The molecule has 90 valence electrons. The van der Waals surface area contributed by atoms with Gasteiger partial charge in [-0.1, -0.05) is 6.07 Å². The Morgan fingerprint density at radius 3 is 3.24 bits per heavy atom. The standard InChI is InChI=1S/C11H14N4OS/c1-12-11(16)14-6-8-17-10-4-2-3-9-13-5-7-15(9)10/h2-5,7H,6,8H2,1H3,(H2,12,14,16). The van der Waals surface area contributed by atoms with E-state index >= 15 is 0 Å². The molecule has 0 aromatic carbocycles. The van der Waals surface area contributed by atoms with E-state index in [0.717, 1.165) is 16.4 Å². The molecule has 2 heterocycles. The van der Waals surface area contributed by atoms with Crippen LogP contribution in [0.25, 0.3) is 5.65 Å². The monoisotopic (exact) mass is 250 g/mol. The SMILES string of the molecule is CNC(=O)NCCSc1cccc2nccn12. The maximum absolute atomic E-state index is 10.9. The second-order valence-electron chi connectivity index (χ2n) is 3.37. The summed E-state index contributed by atoms with van der Waals surface area (Å²) in [5.74, 6) is 0.824. The highest BCUT2D eigenvalue weighted by Crippen LogP contribution is 2.18. The van der Waals surface area contributed by atoms with Gasteiger partial charge >= 0.3 is 6.03 Å². The number of thioether (sulfide) groups is 1. The highest BCUT2D eigenvalue weighted by atomic mass is 32.2. The van der Waals surface area contributed by atoms with Gasteiger partial charge in [0.25, 0.3) is 0 Å². The van der Waals surface area contributed by atoms with Crippen LogP contribution in [0.5, 0.6) is 0 Å². The van der Waals surface area contributed by atoms with Crippen molar-refractivity contribution in [1.29, 1.82) is 0 Å². The third-order valence-electron chi connectivity index (χ3n) is 2.26. The maximum Gasteiger partial charge on any atom is 0.314 e. The number of fused-ring (bicyclic) bond motifs is 1. The summed E-state index contributed by atoms with van der Waals surface area (Å²) in [6.07, 6.45) is 3.71. The van der Waals surface area contributed by atoms with Gasteiger partial charge in [-0.05, 0) is 12.1 Å². The number of hydrogen-bond acceptors (Lipinski definition) is 3. The average Bonchev–Trinajstić information content (AvgIpc) is 2.83. The Morgan fingerprint density at radius 1 is 1.53 bits per heavy atom. The molecule has 2 aromatic rings. The lowest BCUT2D eigenvalue weighted by atomic mass is 10.5. The number of carbonyl (C=O) groups excluding carboxylic acids is 1. The zero-order chi connectivity index (χ0) is 12.1. The van der Waals surface area contributed by atoms with Crippen molar-refractivity contribution in [3.63, 3.8) is 0 Å². The number of nitrogens with zero attached hydrogens (tertiary/aromatic N) is 2. The van der Waals surface area contributed by atoms with E-state index in [1.807, 2.05) is 28.8 Å². The number of urea groups is 1. The van der Waals surface area contributed by atoms with E-state index in [2.05, 4.69) is 15.6 Å². The first-order valence-electron chi connectivity index (χ1n) is 5.32. The second-order valence-corrected chi connectivity index (χ2v) is 4.49. The highest BCUT2D eigenvalue weighted by Gasteiger charge is 2.01. The van der Waals surface area contributed by atoms with Crippen molar-refractivity contribution in [2.75, 3.05) is 19.3 Å². The Balaban J connectivity index is 1.91. The van der Waals surface area contributed by atoms with E-state index in [0.29, 0.717) is 6.54 Å². The van der Waals surface area contributed by atoms with Crippen LogP contribution in [0, 0.1) is 0 Å². The van der Waals surface area contributed by atoms with E-state index in [-0.39, 0.29) is 6.03 Å². The van der Waals surface area contributed by atoms with Gasteiger partial charge in [0.1, 0.15) is 5.65 Å². The molecule has 0 saturated carbocycles. The molecular weight excluding hydrogens is 236 g/mol.